The summed E-state index contributed by atoms with van der Waals surface area (Å²) in [5, 5.41) is 6.96. The lowest BCUT2D eigenvalue weighted by molar-refractivity contribution is 0.0992. The van der Waals surface area contributed by atoms with Gasteiger partial charge in [0.15, 0.2) is 5.96 Å². The van der Waals surface area contributed by atoms with Crippen molar-refractivity contribution in [2.75, 3.05) is 13.6 Å². The highest BCUT2D eigenvalue weighted by atomic mass is 127. The predicted octanol–water partition coefficient (Wildman–Crippen LogP) is 3.63. The second kappa shape index (κ2) is 8.71. The highest BCUT2D eigenvalue weighted by Crippen LogP contribution is 2.34. The fourth-order valence-corrected chi connectivity index (χ4v) is 3.66. The van der Waals surface area contributed by atoms with E-state index in [-0.39, 0.29) is 29.4 Å². The van der Waals surface area contributed by atoms with Crippen molar-refractivity contribution in [1.29, 1.82) is 0 Å². The van der Waals surface area contributed by atoms with Gasteiger partial charge in [-0.3, -0.25) is 4.99 Å². The number of benzene rings is 1. The van der Waals surface area contributed by atoms with Gasteiger partial charge in [0, 0.05) is 13.6 Å². The Bertz CT molecular complexity index is 580. The van der Waals surface area contributed by atoms with Gasteiger partial charge in [0.05, 0.1) is 18.2 Å². The zero-order valence-electron chi connectivity index (χ0n) is 15.8. The van der Waals surface area contributed by atoms with Crippen LogP contribution in [0.3, 0.4) is 0 Å². The first-order valence-corrected chi connectivity index (χ1v) is 9.18. The molecule has 2 N–H and O–H groups in total. The summed E-state index contributed by atoms with van der Waals surface area (Å²) in [5.41, 5.74) is 2.95. The first kappa shape index (κ1) is 20.5. The maximum atomic E-state index is 5.90. The van der Waals surface area contributed by atoms with Crippen LogP contribution in [0.4, 0.5) is 0 Å². The summed E-state index contributed by atoms with van der Waals surface area (Å²) < 4.78 is 5.90. The number of fused-ring (bicyclic) bond motifs is 2. The van der Waals surface area contributed by atoms with Crippen molar-refractivity contribution in [2.45, 2.75) is 70.1 Å². The van der Waals surface area contributed by atoms with Gasteiger partial charge >= 0.3 is 0 Å². The number of nitrogens with one attached hydrogen (secondary N) is 2. The van der Waals surface area contributed by atoms with Crippen molar-refractivity contribution in [1.82, 2.24) is 10.6 Å². The zero-order chi connectivity index (χ0) is 17.2. The van der Waals surface area contributed by atoms with Gasteiger partial charge in [-0.1, -0.05) is 45.0 Å². The van der Waals surface area contributed by atoms with E-state index in [1.54, 1.807) is 0 Å². The summed E-state index contributed by atoms with van der Waals surface area (Å²) in [7, 11) is 1.83. The van der Waals surface area contributed by atoms with Gasteiger partial charge in [-0.05, 0) is 42.2 Å². The Morgan fingerprint density at radius 3 is 2.44 bits per heavy atom. The maximum Gasteiger partial charge on any atom is 0.191 e. The lowest BCUT2D eigenvalue weighted by Gasteiger charge is -2.22. The van der Waals surface area contributed by atoms with E-state index in [9.17, 15) is 0 Å². The van der Waals surface area contributed by atoms with Gasteiger partial charge in [-0.2, -0.15) is 0 Å². The second-order valence-corrected chi connectivity index (χ2v) is 8.06. The van der Waals surface area contributed by atoms with Crippen LogP contribution in [0, 0.1) is 0 Å². The molecule has 0 radical (unpaired) electrons. The highest BCUT2D eigenvalue weighted by Gasteiger charge is 2.41. The molecule has 3 rings (SSSR count). The topological polar surface area (TPSA) is 45.7 Å². The Balaban J connectivity index is 0.00000225. The van der Waals surface area contributed by atoms with E-state index in [0.717, 1.165) is 25.3 Å². The van der Waals surface area contributed by atoms with E-state index in [2.05, 4.69) is 60.7 Å². The molecule has 0 spiro atoms. The van der Waals surface area contributed by atoms with Crippen molar-refractivity contribution in [3.8, 4) is 0 Å². The van der Waals surface area contributed by atoms with E-state index < -0.39 is 0 Å². The third kappa shape index (κ3) is 5.33. The molecule has 2 bridgehead atoms. The molecule has 3 unspecified atom stereocenters. The molecule has 1 aromatic rings. The second-order valence-electron chi connectivity index (χ2n) is 8.06. The number of guanidine groups is 1. The van der Waals surface area contributed by atoms with E-state index in [1.165, 1.54) is 24.0 Å². The molecule has 0 aromatic heterocycles. The largest absolute Gasteiger partial charge is 0.373 e. The van der Waals surface area contributed by atoms with Crippen molar-refractivity contribution >= 4 is 29.9 Å². The number of halogens is 1. The summed E-state index contributed by atoms with van der Waals surface area (Å²) >= 11 is 0. The molecule has 2 aliphatic heterocycles. The van der Waals surface area contributed by atoms with E-state index in [0.29, 0.717) is 18.2 Å². The van der Waals surface area contributed by atoms with Gasteiger partial charge in [0.25, 0.3) is 0 Å². The number of ether oxygens (including phenoxy) is 1. The molecule has 4 nitrogen and oxygen atoms in total. The van der Waals surface area contributed by atoms with Crippen molar-refractivity contribution in [3.63, 3.8) is 0 Å². The highest BCUT2D eigenvalue weighted by molar-refractivity contribution is 14.0. The van der Waals surface area contributed by atoms with Gasteiger partial charge in [0.2, 0.25) is 0 Å². The SMILES string of the molecule is CN=C(NCCc1ccc(C(C)(C)C)cc1)NC1CC2CCC1O2.I. The molecule has 2 aliphatic rings. The monoisotopic (exact) mass is 457 g/mol. The van der Waals surface area contributed by atoms with Crippen LogP contribution < -0.4 is 10.6 Å². The van der Waals surface area contributed by atoms with Gasteiger partial charge < -0.3 is 15.4 Å². The molecular weight excluding hydrogens is 425 g/mol. The van der Waals surface area contributed by atoms with E-state index in [4.69, 9.17) is 4.74 Å². The molecule has 0 saturated carbocycles. The molecule has 2 fully saturated rings. The fourth-order valence-electron chi connectivity index (χ4n) is 3.66. The minimum absolute atomic E-state index is 0. The van der Waals surface area contributed by atoms with Crippen LogP contribution in [-0.2, 0) is 16.6 Å². The lowest BCUT2D eigenvalue weighted by atomic mass is 9.86. The average molecular weight is 457 g/mol. The molecule has 25 heavy (non-hydrogen) atoms. The van der Waals surface area contributed by atoms with E-state index in [1.807, 2.05) is 7.05 Å². The maximum absolute atomic E-state index is 5.90. The molecule has 140 valence electrons. The number of aliphatic imine (C=N–C) groups is 1. The van der Waals surface area contributed by atoms with Crippen LogP contribution in [0.1, 0.15) is 51.2 Å². The summed E-state index contributed by atoms with van der Waals surface area (Å²) in [6, 6.07) is 9.38. The van der Waals surface area contributed by atoms with Crippen LogP contribution in [-0.4, -0.2) is 37.8 Å². The number of nitrogens with zero attached hydrogens (tertiary/aromatic N) is 1. The van der Waals surface area contributed by atoms with Gasteiger partial charge in [0.1, 0.15) is 0 Å². The Hall–Kier alpha value is -0.820. The minimum atomic E-state index is 0. The first-order chi connectivity index (χ1) is 11.5. The number of hydrogen-bond acceptors (Lipinski definition) is 2. The van der Waals surface area contributed by atoms with Crippen LogP contribution >= 0.6 is 24.0 Å². The van der Waals surface area contributed by atoms with Crippen molar-refractivity contribution in [2.24, 2.45) is 4.99 Å². The standard InChI is InChI=1S/C20H31N3O.HI/c1-20(2,3)15-7-5-14(6-8-15)11-12-22-19(21-4)23-17-13-16-9-10-18(17)24-16;/h5-8,16-18H,9-13H2,1-4H3,(H2,21,22,23);1H. The summed E-state index contributed by atoms with van der Waals surface area (Å²) in [5.74, 6) is 0.891. The first-order valence-electron chi connectivity index (χ1n) is 9.18. The van der Waals surface area contributed by atoms with Crippen LogP contribution in [0.5, 0.6) is 0 Å². The van der Waals surface area contributed by atoms with E-state index >= 15 is 0 Å². The van der Waals surface area contributed by atoms with Gasteiger partial charge in [-0.25, -0.2) is 0 Å². The third-order valence-electron chi connectivity index (χ3n) is 5.18. The van der Waals surface area contributed by atoms with Crippen LogP contribution in [0.15, 0.2) is 29.3 Å². The van der Waals surface area contributed by atoms with Crippen molar-refractivity contribution < 1.29 is 4.74 Å². The summed E-state index contributed by atoms with van der Waals surface area (Å²) in [4.78, 5) is 4.35. The zero-order valence-corrected chi connectivity index (χ0v) is 18.2. The Kier molecular flexibility index (Phi) is 7.14. The lowest BCUT2D eigenvalue weighted by Crippen LogP contribution is -2.47. The summed E-state index contributed by atoms with van der Waals surface area (Å²) in [6.07, 6.45) is 5.35. The van der Waals surface area contributed by atoms with Crippen molar-refractivity contribution in [3.05, 3.63) is 35.4 Å². The quantitative estimate of drug-likeness (QED) is 0.413. The average Bonchev–Trinajstić information content (AvgIpc) is 3.16. The number of hydrogen-bond donors (Lipinski definition) is 2. The predicted molar refractivity (Wildman–Crippen MR) is 115 cm³/mol. The molecule has 1 aromatic carbocycles. The molecular formula is C20H32IN3O. The Morgan fingerprint density at radius 1 is 1.20 bits per heavy atom. The molecule has 0 amide bonds. The normalized spacial score (nSPS) is 25.6. The molecule has 3 atom stereocenters. The van der Waals surface area contributed by atoms with Crippen LogP contribution in [0.25, 0.3) is 0 Å². The molecule has 5 heteroatoms. The third-order valence-corrected chi connectivity index (χ3v) is 5.18. The molecule has 2 heterocycles. The minimum Gasteiger partial charge on any atom is -0.373 e. The van der Waals surface area contributed by atoms with Crippen LogP contribution in [0.2, 0.25) is 0 Å². The molecule has 0 aliphatic carbocycles. The number of rotatable bonds is 4. The van der Waals surface area contributed by atoms with Gasteiger partial charge in [-0.15, -0.1) is 24.0 Å². The molecule has 2 saturated heterocycles. The Morgan fingerprint density at radius 2 is 1.92 bits per heavy atom. The summed E-state index contributed by atoms with van der Waals surface area (Å²) in [6.45, 7) is 7.63. The smallest absolute Gasteiger partial charge is 0.191 e. The fraction of sp³-hybridized carbons (Fsp3) is 0.650. The Labute approximate surface area is 169 Å².